The molecule has 6 nitrogen and oxygen atoms in total. The Balaban J connectivity index is 1.50. The average molecular weight is 602 g/mol. The maximum absolute atomic E-state index is 12.9. The van der Waals surface area contributed by atoms with Crippen LogP contribution in [0.1, 0.15) is 28.4 Å². The van der Waals surface area contributed by atoms with Crippen LogP contribution in [0.15, 0.2) is 76.3 Å². The number of fused-ring (bicyclic) bond motifs is 1. The summed E-state index contributed by atoms with van der Waals surface area (Å²) in [5, 5.41) is 7.00. The van der Waals surface area contributed by atoms with Crippen LogP contribution in [0.2, 0.25) is 10.0 Å². The number of ether oxygens (including phenoxy) is 3. The summed E-state index contributed by atoms with van der Waals surface area (Å²) >= 11 is 15.6. The van der Waals surface area contributed by atoms with Crippen LogP contribution in [0.5, 0.6) is 17.2 Å². The molecule has 0 fully saturated rings. The summed E-state index contributed by atoms with van der Waals surface area (Å²) in [4.78, 5) is 12.9. The standard InChI is InChI=1S/C28H23BrCl2N2O4/c1-3-36-26-13-20(22(29)14-27(26)37-16-17-8-9-23(30)24(31)10-17)15-32-33-28(34)21-11-18-6-4-5-7-19(18)12-25(21)35-2/h4-15H,3,16H2,1-2H3,(H,33,34)/b32-15-. The number of hydrazone groups is 1. The summed E-state index contributed by atoms with van der Waals surface area (Å²) in [6, 6.07) is 20.3. The third-order valence-electron chi connectivity index (χ3n) is 5.42. The zero-order chi connectivity index (χ0) is 26.4. The highest BCUT2D eigenvalue weighted by molar-refractivity contribution is 9.10. The van der Waals surface area contributed by atoms with Crippen molar-refractivity contribution in [3.05, 3.63) is 97.9 Å². The van der Waals surface area contributed by atoms with E-state index in [0.29, 0.717) is 49.5 Å². The lowest BCUT2D eigenvalue weighted by molar-refractivity contribution is 0.0952. The molecule has 37 heavy (non-hydrogen) atoms. The van der Waals surface area contributed by atoms with E-state index in [1.54, 1.807) is 30.3 Å². The summed E-state index contributed by atoms with van der Waals surface area (Å²) < 4.78 is 17.9. The number of nitrogens with one attached hydrogen (secondary N) is 1. The molecule has 0 saturated carbocycles. The van der Waals surface area contributed by atoms with Gasteiger partial charge < -0.3 is 14.2 Å². The Hall–Kier alpha value is -3.26. The Bertz CT molecular complexity index is 1480. The molecule has 1 N–H and O–H groups in total. The van der Waals surface area contributed by atoms with E-state index in [-0.39, 0.29) is 12.5 Å². The van der Waals surface area contributed by atoms with Gasteiger partial charge in [0.05, 0.1) is 35.5 Å². The number of methoxy groups -OCH3 is 1. The molecule has 190 valence electrons. The first-order valence-corrected chi connectivity index (χ1v) is 12.9. The second-order valence-electron chi connectivity index (χ2n) is 7.89. The fourth-order valence-corrected chi connectivity index (χ4v) is 4.35. The normalized spacial score (nSPS) is 11.1. The van der Waals surface area contributed by atoms with Gasteiger partial charge in [0.15, 0.2) is 11.5 Å². The summed E-state index contributed by atoms with van der Waals surface area (Å²) in [5.74, 6) is 1.16. The van der Waals surface area contributed by atoms with Crippen molar-refractivity contribution in [3.63, 3.8) is 0 Å². The lowest BCUT2D eigenvalue weighted by Gasteiger charge is -2.14. The Kier molecular flexibility index (Phi) is 8.92. The van der Waals surface area contributed by atoms with Crippen LogP contribution < -0.4 is 19.6 Å². The summed E-state index contributed by atoms with van der Waals surface area (Å²) in [7, 11) is 1.53. The first-order chi connectivity index (χ1) is 17.9. The molecule has 0 bridgehead atoms. The largest absolute Gasteiger partial charge is 0.496 e. The molecule has 9 heteroatoms. The molecule has 4 aromatic rings. The van der Waals surface area contributed by atoms with E-state index in [1.807, 2.05) is 43.3 Å². The van der Waals surface area contributed by atoms with Crippen LogP contribution in [0.25, 0.3) is 10.8 Å². The zero-order valence-electron chi connectivity index (χ0n) is 20.1. The third kappa shape index (κ3) is 6.55. The second kappa shape index (κ2) is 12.3. The first kappa shape index (κ1) is 26.8. The molecule has 0 saturated heterocycles. The lowest BCUT2D eigenvalue weighted by Crippen LogP contribution is -2.18. The number of nitrogens with zero attached hydrogens (tertiary/aromatic N) is 1. The summed E-state index contributed by atoms with van der Waals surface area (Å²) in [5.41, 5.74) is 4.52. The molecule has 4 rings (SSSR count). The number of amides is 1. The number of carbonyl (C=O) groups excluding carboxylic acids is 1. The van der Waals surface area contributed by atoms with Crippen molar-refractivity contribution in [1.29, 1.82) is 0 Å². The van der Waals surface area contributed by atoms with Gasteiger partial charge >= 0.3 is 0 Å². The van der Waals surface area contributed by atoms with Gasteiger partial charge in [0.1, 0.15) is 12.4 Å². The second-order valence-corrected chi connectivity index (χ2v) is 9.56. The highest BCUT2D eigenvalue weighted by atomic mass is 79.9. The number of benzene rings is 4. The molecule has 0 aliphatic carbocycles. The third-order valence-corrected chi connectivity index (χ3v) is 6.85. The van der Waals surface area contributed by atoms with Crippen LogP contribution in [-0.2, 0) is 6.61 Å². The molecule has 0 aliphatic heterocycles. The van der Waals surface area contributed by atoms with E-state index in [4.69, 9.17) is 37.4 Å². The molecule has 0 aromatic heterocycles. The SMILES string of the molecule is CCOc1cc(/C=N\NC(=O)c2cc3ccccc3cc2OC)c(Br)cc1OCc1ccc(Cl)c(Cl)c1. The van der Waals surface area contributed by atoms with Gasteiger partial charge in [0.2, 0.25) is 0 Å². The number of rotatable bonds is 9. The molecule has 0 atom stereocenters. The first-order valence-electron chi connectivity index (χ1n) is 11.3. The topological polar surface area (TPSA) is 69.2 Å². The summed E-state index contributed by atoms with van der Waals surface area (Å²) in [6.45, 7) is 2.61. The maximum Gasteiger partial charge on any atom is 0.275 e. The van der Waals surface area contributed by atoms with Crippen LogP contribution in [-0.4, -0.2) is 25.8 Å². The Labute approximate surface area is 233 Å². The van der Waals surface area contributed by atoms with Crippen LogP contribution in [0.3, 0.4) is 0 Å². The van der Waals surface area contributed by atoms with Gasteiger partial charge in [0, 0.05) is 10.0 Å². The summed E-state index contributed by atoms with van der Waals surface area (Å²) in [6.07, 6.45) is 1.53. The minimum Gasteiger partial charge on any atom is -0.496 e. The van der Waals surface area contributed by atoms with Crippen molar-refractivity contribution in [2.24, 2.45) is 5.10 Å². The van der Waals surface area contributed by atoms with Gasteiger partial charge in [-0.15, -0.1) is 0 Å². The van der Waals surface area contributed by atoms with E-state index < -0.39 is 0 Å². The van der Waals surface area contributed by atoms with Crippen LogP contribution in [0, 0.1) is 0 Å². The van der Waals surface area contributed by atoms with Crippen molar-refractivity contribution < 1.29 is 19.0 Å². The van der Waals surface area contributed by atoms with Gasteiger partial charge in [-0.3, -0.25) is 4.79 Å². The molecule has 0 unspecified atom stereocenters. The Morgan fingerprint density at radius 2 is 1.68 bits per heavy atom. The Morgan fingerprint density at radius 1 is 0.946 bits per heavy atom. The van der Waals surface area contributed by atoms with Crippen molar-refractivity contribution in [2.75, 3.05) is 13.7 Å². The number of halogens is 3. The zero-order valence-corrected chi connectivity index (χ0v) is 23.2. The van der Waals surface area contributed by atoms with Gasteiger partial charge in [0.25, 0.3) is 5.91 Å². The molecule has 0 aliphatic rings. The lowest BCUT2D eigenvalue weighted by atomic mass is 10.1. The van der Waals surface area contributed by atoms with E-state index >= 15 is 0 Å². The molecule has 1 amide bonds. The highest BCUT2D eigenvalue weighted by Gasteiger charge is 2.14. The quantitative estimate of drug-likeness (QED) is 0.158. The van der Waals surface area contributed by atoms with Crippen LogP contribution in [0.4, 0.5) is 0 Å². The van der Waals surface area contributed by atoms with Crippen molar-refractivity contribution in [2.45, 2.75) is 13.5 Å². The molecular weight excluding hydrogens is 579 g/mol. The smallest absolute Gasteiger partial charge is 0.275 e. The highest BCUT2D eigenvalue weighted by Crippen LogP contribution is 2.34. The fraction of sp³-hybridized carbons (Fsp3) is 0.143. The van der Waals surface area contributed by atoms with Gasteiger partial charge in [-0.2, -0.15) is 5.10 Å². The van der Waals surface area contributed by atoms with Gasteiger partial charge in [-0.1, -0.05) is 53.5 Å². The fourth-order valence-electron chi connectivity index (χ4n) is 3.61. The van der Waals surface area contributed by atoms with Gasteiger partial charge in [-0.05, 0) is 75.6 Å². The minimum absolute atomic E-state index is 0.278. The predicted molar refractivity (Wildman–Crippen MR) is 152 cm³/mol. The van der Waals surface area contributed by atoms with E-state index in [1.165, 1.54) is 13.3 Å². The number of hydrogen-bond acceptors (Lipinski definition) is 5. The van der Waals surface area contributed by atoms with E-state index in [9.17, 15) is 4.79 Å². The van der Waals surface area contributed by atoms with Crippen LogP contribution >= 0.6 is 39.1 Å². The number of hydrogen-bond donors (Lipinski definition) is 1. The Morgan fingerprint density at radius 3 is 2.38 bits per heavy atom. The monoisotopic (exact) mass is 600 g/mol. The average Bonchev–Trinajstić information content (AvgIpc) is 2.90. The predicted octanol–water partition coefficient (Wildman–Crippen LogP) is 7.66. The van der Waals surface area contributed by atoms with Crippen molar-refractivity contribution in [3.8, 4) is 17.2 Å². The van der Waals surface area contributed by atoms with Crippen molar-refractivity contribution >= 4 is 62.0 Å². The minimum atomic E-state index is -0.387. The van der Waals surface area contributed by atoms with E-state index in [0.717, 1.165) is 16.3 Å². The molecule has 0 spiro atoms. The van der Waals surface area contributed by atoms with Gasteiger partial charge in [-0.25, -0.2) is 5.43 Å². The molecular formula is C28H23BrCl2N2O4. The molecule has 0 radical (unpaired) electrons. The maximum atomic E-state index is 12.9. The van der Waals surface area contributed by atoms with E-state index in [2.05, 4.69) is 26.5 Å². The number of carbonyl (C=O) groups is 1. The van der Waals surface area contributed by atoms with Crippen molar-refractivity contribution in [1.82, 2.24) is 5.43 Å². The molecule has 0 heterocycles. The molecule has 4 aromatic carbocycles.